The molecule has 0 unspecified atom stereocenters. The van der Waals surface area contributed by atoms with Gasteiger partial charge in [-0.1, -0.05) is 42.5 Å². The second-order valence-corrected chi connectivity index (χ2v) is 6.93. The first-order valence-electron chi connectivity index (χ1n) is 9.54. The zero-order valence-electron chi connectivity index (χ0n) is 16.3. The van der Waals surface area contributed by atoms with Gasteiger partial charge in [0.15, 0.2) is 0 Å². The van der Waals surface area contributed by atoms with E-state index in [1.807, 2.05) is 30.3 Å². The summed E-state index contributed by atoms with van der Waals surface area (Å²) in [7, 11) is 0. The summed E-state index contributed by atoms with van der Waals surface area (Å²) in [6.07, 6.45) is 1.30. The molecule has 3 amide bonds. The van der Waals surface area contributed by atoms with E-state index >= 15 is 0 Å². The normalized spacial score (nSPS) is 13.3. The van der Waals surface area contributed by atoms with Crippen molar-refractivity contribution in [2.45, 2.75) is 32.4 Å². The topological polar surface area (TPSA) is 83.7 Å². The van der Waals surface area contributed by atoms with Crippen LogP contribution in [0.4, 0.5) is 0 Å². The van der Waals surface area contributed by atoms with Crippen LogP contribution in [0.15, 0.2) is 54.6 Å². The van der Waals surface area contributed by atoms with E-state index in [2.05, 4.69) is 0 Å². The highest BCUT2D eigenvalue weighted by molar-refractivity contribution is 6.01. The molecule has 2 aromatic carbocycles. The van der Waals surface area contributed by atoms with Gasteiger partial charge in [0.25, 0.3) is 5.91 Å². The summed E-state index contributed by atoms with van der Waals surface area (Å²) in [6.45, 7) is 1.89. The number of nitrogens with two attached hydrogens (primary N) is 1. The Morgan fingerprint density at radius 2 is 1.55 bits per heavy atom. The van der Waals surface area contributed by atoms with Crippen LogP contribution in [0.3, 0.4) is 0 Å². The largest absolute Gasteiger partial charge is 0.334 e. The SMILES string of the molecule is Cl.NCCCN(Cc1ccccc1)C(=O)c1ccc(CN2C(=O)CCC2=O)cc1. The molecule has 7 heteroatoms. The quantitative estimate of drug-likeness (QED) is 0.672. The maximum atomic E-state index is 13.0. The van der Waals surface area contributed by atoms with Crippen LogP contribution in [0.25, 0.3) is 0 Å². The summed E-state index contributed by atoms with van der Waals surface area (Å²) in [4.78, 5) is 39.6. The van der Waals surface area contributed by atoms with Gasteiger partial charge in [0, 0.05) is 31.5 Å². The highest BCUT2D eigenvalue weighted by Crippen LogP contribution is 2.17. The van der Waals surface area contributed by atoms with E-state index in [-0.39, 0.29) is 49.5 Å². The Morgan fingerprint density at radius 1 is 0.931 bits per heavy atom. The molecule has 29 heavy (non-hydrogen) atoms. The summed E-state index contributed by atoms with van der Waals surface area (Å²) in [5.74, 6) is -0.334. The van der Waals surface area contributed by atoms with E-state index in [1.165, 1.54) is 4.90 Å². The van der Waals surface area contributed by atoms with Crippen molar-refractivity contribution in [1.82, 2.24) is 9.80 Å². The number of hydrogen-bond donors (Lipinski definition) is 1. The Kier molecular flexibility index (Phi) is 8.36. The number of imide groups is 1. The molecule has 6 nitrogen and oxygen atoms in total. The number of nitrogens with zero attached hydrogens (tertiary/aromatic N) is 2. The van der Waals surface area contributed by atoms with Crippen LogP contribution < -0.4 is 5.73 Å². The fourth-order valence-electron chi connectivity index (χ4n) is 3.26. The molecule has 0 aromatic heterocycles. The van der Waals surface area contributed by atoms with Crippen molar-refractivity contribution in [1.29, 1.82) is 0 Å². The van der Waals surface area contributed by atoms with Crippen LogP contribution in [0, 0.1) is 0 Å². The Morgan fingerprint density at radius 3 is 2.14 bits per heavy atom. The van der Waals surface area contributed by atoms with E-state index in [9.17, 15) is 14.4 Å². The van der Waals surface area contributed by atoms with E-state index < -0.39 is 0 Å². The second kappa shape index (κ2) is 10.7. The minimum Gasteiger partial charge on any atom is -0.334 e. The Balaban J connectivity index is 0.00000300. The maximum Gasteiger partial charge on any atom is 0.254 e. The lowest BCUT2D eigenvalue weighted by Gasteiger charge is -2.23. The molecule has 2 N–H and O–H groups in total. The van der Waals surface area contributed by atoms with Gasteiger partial charge in [0.1, 0.15) is 0 Å². The molecule has 0 radical (unpaired) electrons. The van der Waals surface area contributed by atoms with E-state index in [0.29, 0.717) is 25.2 Å². The fourth-order valence-corrected chi connectivity index (χ4v) is 3.26. The molecule has 1 saturated heterocycles. The van der Waals surface area contributed by atoms with Gasteiger partial charge < -0.3 is 10.6 Å². The fraction of sp³-hybridized carbons (Fsp3) is 0.318. The molecule has 1 heterocycles. The lowest BCUT2D eigenvalue weighted by molar-refractivity contribution is -0.139. The van der Waals surface area contributed by atoms with Crippen molar-refractivity contribution in [3.63, 3.8) is 0 Å². The van der Waals surface area contributed by atoms with E-state index in [1.54, 1.807) is 29.2 Å². The zero-order chi connectivity index (χ0) is 19.9. The van der Waals surface area contributed by atoms with E-state index in [0.717, 1.165) is 17.5 Å². The summed E-state index contributed by atoms with van der Waals surface area (Å²) >= 11 is 0. The molecule has 3 rings (SSSR count). The third-order valence-electron chi connectivity index (χ3n) is 4.83. The highest BCUT2D eigenvalue weighted by atomic mass is 35.5. The molecular weight excluding hydrogens is 390 g/mol. The molecule has 2 aromatic rings. The molecule has 0 atom stereocenters. The van der Waals surface area contributed by atoms with Crippen molar-refractivity contribution < 1.29 is 14.4 Å². The standard InChI is InChI=1S/C22H25N3O3.ClH/c23-13-4-14-24(15-17-5-2-1-3-6-17)22(28)19-9-7-18(8-10-19)16-25-20(26)11-12-21(25)27;/h1-3,5-10H,4,11-16,23H2;1H. The third kappa shape index (κ3) is 5.89. The molecule has 1 aliphatic heterocycles. The average molecular weight is 416 g/mol. The van der Waals surface area contributed by atoms with Gasteiger partial charge in [-0.05, 0) is 36.2 Å². The van der Waals surface area contributed by atoms with Gasteiger partial charge in [0.05, 0.1) is 6.54 Å². The smallest absolute Gasteiger partial charge is 0.254 e. The van der Waals surface area contributed by atoms with Crippen LogP contribution in [0.1, 0.15) is 40.7 Å². The monoisotopic (exact) mass is 415 g/mol. The Bertz CT molecular complexity index is 824. The first-order chi connectivity index (χ1) is 13.6. The molecular formula is C22H26ClN3O3. The molecule has 1 fully saturated rings. The molecule has 0 aliphatic carbocycles. The lowest BCUT2D eigenvalue weighted by Crippen LogP contribution is -2.32. The first-order valence-corrected chi connectivity index (χ1v) is 9.54. The summed E-state index contributed by atoms with van der Waals surface area (Å²) in [5, 5.41) is 0. The van der Waals surface area contributed by atoms with Gasteiger partial charge in [0.2, 0.25) is 11.8 Å². The van der Waals surface area contributed by atoms with Crippen molar-refractivity contribution in [2.75, 3.05) is 13.1 Å². The number of rotatable bonds is 8. The number of benzene rings is 2. The molecule has 0 spiro atoms. The van der Waals surface area contributed by atoms with Crippen molar-refractivity contribution >= 4 is 30.1 Å². The number of carbonyl (C=O) groups is 3. The summed E-state index contributed by atoms with van der Waals surface area (Å²) < 4.78 is 0. The minimum atomic E-state index is -0.138. The van der Waals surface area contributed by atoms with Crippen LogP contribution in [-0.2, 0) is 22.7 Å². The van der Waals surface area contributed by atoms with Crippen molar-refractivity contribution in [3.05, 3.63) is 71.3 Å². The number of amides is 3. The van der Waals surface area contributed by atoms with Gasteiger partial charge in [-0.2, -0.15) is 0 Å². The van der Waals surface area contributed by atoms with Crippen LogP contribution in [0.2, 0.25) is 0 Å². The van der Waals surface area contributed by atoms with E-state index in [4.69, 9.17) is 5.73 Å². The number of likely N-dealkylation sites (tertiary alicyclic amines) is 1. The maximum absolute atomic E-state index is 13.0. The predicted molar refractivity (Wildman–Crippen MR) is 113 cm³/mol. The van der Waals surface area contributed by atoms with Gasteiger partial charge in [-0.3, -0.25) is 19.3 Å². The van der Waals surface area contributed by atoms with Gasteiger partial charge >= 0.3 is 0 Å². The lowest BCUT2D eigenvalue weighted by atomic mass is 10.1. The summed E-state index contributed by atoms with van der Waals surface area (Å²) in [5.41, 5.74) is 8.11. The predicted octanol–water partition coefficient (Wildman–Crippen LogP) is 2.75. The highest BCUT2D eigenvalue weighted by Gasteiger charge is 2.28. The Labute approximate surface area is 177 Å². The Hall–Kier alpha value is -2.70. The number of carbonyl (C=O) groups excluding carboxylic acids is 3. The van der Waals surface area contributed by atoms with Crippen LogP contribution >= 0.6 is 12.4 Å². The van der Waals surface area contributed by atoms with Crippen LogP contribution in [0.5, 0.6) is 0 Å². The van der Waals surface area contributed by atoms with Gasteiger partial charge in [-0.25, -0.2) is 0 Å². The number of halogens is 1. The number of hydrogen-bond acceptors (Lipinski definition) is 4. The zero-order valence-corrected chi connectivity index (χ0v) is 17.1. The molecule has 154 valence electrons. The third-order valence-corrected chi connectivity index (χ3v) is 4.83. The summed E-state index contributed by atoms with van der Waals surface area (Å²) in [6, 6.07) is 17.0. The molecule has 1 aliphatic rings. The average Bonchev–Trinajstić information content (AvgIpc) is 3.04. The first kappa shape index (κ1) is 22.6. The second-order valence-electron chi connectivity index (χ2n) is 6.93. The van der Waals surface area contributed by atoms with Crippen molar-refractivity contribution in [3.8, 4) is 0 Å². The van der Waals surface area contributed by atoms with Crippen molar-refractivity contribution in [2.24, 2.45) is 5.73 Å². The molecule has 0 saturated carbocycles. The molecule has 0 bridgehead atoms. The van der Waals surface area contributed by atoms with Crippen LogP contribution in [-0.4, -0.2) is 40.6 Å². The van der Waals surface area contributed by atoms with Gasteiger partial charge in [-0.15, -0.1) is 12.4 Å². The minimum absolute atomic E-state index is 0.